The first-order valence-corrected chi connectivity index (χ1v) is 11.3. The molecule has 1 aromatic carbocycles. The smallest absolute Gasteiger partial charge is 0.166 e. The lowest BCUT2D eigenvalue weighted by Crippen LogP contribution is -2.56. The number of fused-ring (bicyclic) bond motifs is 3. The van der Waals surface area contributed by atoms with E-state index >= 15 is 0 Å². The van der Waals surface area contributed by atoms with Crippen molar-refractivity contribution >= 4 is 17.3 Å². The molecule has 0 radical (unpaired) electrons. The quantitative estimate of drug-likeness (QED) is 0.714. The highest BCUT2D eigenvalue weighted by molar-refractivity contribution is 7.80. The van der Waals surface area contributed by atoms with Crippen molar-refractivity contribution in [2.24, 2.45) is 18.9 Å². The van der Waals surface area contributed by atoms with Crippen molar-refractivity contribution in [1.82, 2.24) is 25.3 Å². The maximum Gasteiger partial charge on any atom is 0.166 e. The first-order valence-electron chi connectivity index (χ1n) is 10.9. The van der Waals surface area contributed by atoms with E-state index in [1.807, 2.05) is 0 Å². The van der Waals surface area contributed by atoms with Crippen molar-refractivity contribution in [3.8, 4) is 11.3 Å². The number of aromatic nitrogens is 2. The predicted molar refractivity (Wildman–Crippen MR) is 123 cm³/mol. The maximum atomic E-state index is 5.44. The summed E-state index contributed by atoms with van der Waals surface area (Å²) in [5, 5.41) is 12.4. The van der Waals surface area contributed by atoms with Gasteiger partial charge in [0.15, 0.2) is 5.11 Å². The molecule has 2 N–H and O–H groups in total. The monoisotopic (exact) mass is 411 g/mol. The van der Waals surface area contributed by atoms with Gasteiger partial charge in [0.05, 0.1) is 5.69 Å². The third-order valence-corrected chi connectivity index (χ3v) is 6.70. The van der Waals surface area contributed by atoms with Crippen molar-refractivity contribution in [2.45, 2.75) is 38.6 Å². The van der Waals surface area contributed by atoms with Crippen LogP contribution in [0.5, 0.6) is 0 Å². The highest BCUT2D eigenvalue weighted by Gasteiger charge is 2.41. The number of benzene rings is 1. The molecule has 2 bridgehead atoms. The van der Waals surface area contributed by atoms with Crippen LogP contribution in [-0.2, 0) is 7.05 Å². The Bertz CT molecular complexity index is 831. The van der Waals surface area contributed by atoms with Crippen molar-refractivity contribution in [3.05, 3.63) is 42.1 Å². The second kappa shape index (κ2) is 8.84. The summed E-state index contributed by atoms with van der Waals surface area (Å²) >= 11 is 5.44. The van der Waals surface area contributed by atoms with E-state index in [0.717, 1.165) is 36.4 Å². The van der Waals surface area contributed by atoms with Gasteiger partial charge in [-0.25, -0.2) is 0 Å². The Morgan fingerprint density at radius 3 is 2.72 bits per heavy atom. The minimum Gasteiger partial charge on any atom is -0.362 e. The zero-order chi connectivity index (χ0) is 20.4. The Kier molecular flexibility index (Phi) is 6.20. The third kappa shape index (κ3) is 4.64. The molecule has 1 unspecified atom stereocenters. The van der Waals surface area contributed by atoms with Crippen LogP contribution in [0, 0.1) is 11.8 Å². The molecule has 3 aliphatic rings. The van der Waals surface area contributed by atoms with Gasteiger partial charge in [0.1, 0.15) is 0 Å². The van der Waals surface area contributed by atoms with Gasteiger partial charge in [-0.05, 0) is 49.5 Å². The van der Waals surface area contributed by atoms with Crippen LogP contribution in [0.25, 0.3) is 11.3 Å². The minimum absolute atomic E-state index is 0.570. The standard InChI is InChI=1S/C23H33N5S/c1-16(2)13-24-23(29)25-14-19-11-18-9-10-28(19)15-20(18)22-12-21(26-27(22)3)17-7-5-4-6-8-17/h4-8,12,16,18-20H,9-11,13-15H2,1-3H3,(H2,24,25,29)/t18-,19+,20-/m0/s1. The number of rotatable bonds is 6. The molecule has 4 atom stereocenters. The minimum atomic E-state index is 0.570. The molecule has 0 amide bonds. The summed E-state index contributed by atoms with van der Waals surface area (Å²) in [6.45, 7) is 8.58. The van der Waals surface area contributed by atoms with Crippen LogP contribution in [0.1, 0.15) is 38.3 Å². The van der Waals surface area contributed by atoms with Gasteiger partial charge in [-0.1, -0.05) is 44.2 Å². The van der Waals surface area contributed by atoms with Gasteiger partial charge in [-0.2, -0.15) is 5.10 Å². The van der Waals surface area contributed by atoms with Crippen LogP contribution in [0.4, 0.5) is 0 Å². The Morgan fingerprint density at radius 1 is 1.24 bits per heavy atom. The average molecular weight is 412 g/mol. The summed E-state index contributed by atoms with van der Waals surface area (Å²) in [7, 11) is 2.09. The second-order valence-corrected chi connectivity index (χ2v) is 9.38. The van der Waals surface area contributed by atoms with Crippen LogP contribution < -0.4 is 10.6 Å². The van der Waals surface area contributed by atoms with Crippen molar-refractivity contribution in [3.63, 3.8) is 0 Å². The summed E-state index contributed by atoms with van der Waals surface area (Å²) in [6.07, 6.45) is 2.51. The Hall–Kier alpha value is -1.92. The van der Waals surface area contributed by atoms with Gasteiger partial charge in [0.2, 0.25) is 0 Å². The van der Waals surface area contributed by atoms with E-state index in [0.29, 0.717) is 17.9 Å². The van der Waals surface area contributed by atoms with Gasteiger partial charge in [0, 0.05) is 49.9 Å². The van der Waals surface area contributed by atoms with Gasteiger partial charge >= 0.3 is 0 Å². The molecular weight excluding hydrogens is 378 g/mol. The number of hydrogen-bond acceptors (Lipinski definition) is 3. The molecule has 29 heavy (non-hydrogen) atoms. The molecular formula is C23H33N5S. The van der Waals surface area contributed by atoms with Crippen molar-refractivity contribution < 1.29 is 0 Å². The van der Waals surface area contributed by atoms with Gasteiger partial charge in [0.25, 0.3) is 0 Å². The predicted octanol–water partition coefficient (Wildman–Crippen LogP) is 3.39. The fourth-order valence-electron chi connectivity index (χ4n) is 4.83. The van der Waals surface area contributed by atoms with Gasteiger partial charge in [-0.15, -0.1) is 0 Å². The number of aryl methyl sites for hydroxylation is 1. The zero-order valence-electron chi connectivity index (χ0n) is 17.8. The van der Waals surface area contributed by atoms with Gasteiger partial charge < -0.3 is 10.6 Å². The number of nitrogens with one attached hydrogen (secondary N) is 2. The summed E-state index contributed by atoms with van der Waals surface area (Å²) in [6, 6.07) is 13.4. The van der Waals surface area contributed by atoms with E-state index in [9.17, 15) is 0 Å². The Balaban J connectivity index is 1.38. The largest absolute Gasteiger partial charge is 0.362 e. The van der Waals surface area contributed by atoms with E-state index in [4.69, 9.17) is 17.3 Å². The molecule has 3 fully saturated rings. The Morgan fingerprint density at radius 2 is 2.03 bits per heavy atom. The van der Waals surface area contributed by atoms with Crippen LogP contribution in [0.15, 0.2) is 36.4 Å². The summed E-state index contributed by atoms with van der Waals surface area (Å²) < 4.78 is 2.10. The third-order valence-electron chi connectivity index (χ3n) is 6.41. The topological polar surface area (TPSA) is 45.1 Å². The molecule has 0 saturated carbocycles. The second-order valence-electron chi connectivity index (χ2n) is 8.97. The number of thiocarbonyl (C=S) groups is 1. The molecule has 5 rings (SSSR count). The Labute approximate surface area is 179 Å². The van der Waals surface area contributed by atoms with Crippen LogP contribution >= 0.6 is 12.2 Å². The van der Waals surface area contributed by atoms with Crippen molar-refractivity contribution in [2.75, 3.05) is 26.2 Å². The molecule has 5 nitrogen and oxygen atoms in total. The first kappa shape index (κ1) is 20.4. The van der Waals surface area contributed by atoms with Gasteiger partial charge in [-0.3, -0.25) is 9.58 Å². The van der Waals surface area contributed by atoms with Crippen LogP contribution in [0.2, 0.25) is 0 Å². The molecule has 3 saturated heterocycles. The highest BCUT2D eigenvalue weighted by Crippen LogP contribution is 2.42. The SMILES string of the molecule is CC(C)CNC(=S)NC[C@H]1C[C@@H]2CCN1C[C@@H]2c1cc(-c2ccccc2)nn1C. The summed E-state index contributed by atoms with van der Waals surface area (Å²) in [5.41, 5.74) is 3.65. The molecule has 4 heterocycles. The molecule has 0 spiro atoms. The normalized spacial score (nSPS) is 25.9. The van der Waals surface area contributed by atoms with E-state index in [-0.39, 0.29) is 0 Å². The molecule has 156 valence electrons. The molecule has 1 aromatic heterocycles. The average Bonchev–Trinajstić information content (AvgIpc) is 3.13. The number of nitrogens with zero attached hydrogens (tertiary/aromatic N) is 3. The van der Waals surface area contributed by atoms with E-state index in [1.165, 1.54) is 30.6 Å². The van der Waals surface area contributed by atoms with Crippen LogP contribution in [-0.4, -0.2) is 52.0 Å². The molecule has 2 aromatic rings. The molecule has 3 aliphatic heterocycles. The molecule has 0 aliphatic carbocycles. The fourth-order valence-corrected chi connectivity index (χ4v) is 5.00. The summed E-state index contributed by atoms with van der Waals surface area (Å²) in [5.74, 6) is 1.90. The fraction of sp³-hybridized carbons (Fsp3) is 0.565. The van der Waals surface area contributed by atoms with Crippen LogP contribution in [0.3, 0.4) is 0 Å². The summed E-state index contributed by atoms with van der Waals surface area (Å²) in [4.78, 5) is 2.65. The highest BCUT2D eigenvalue weighted by atomic mass is 32.1. The lowest BCUT2D eigenvalue weighted by Gasteiger charge is -2.50. The number of piperidine rings is 3. The van der Waals surface area contributed by atoms with E-state index in [2.05, 4.69) is 77.5 Å². The molecule has 6 heteroatoms. The van der Waals surface area contributed by atoms with E-state index < -0.39 is 0 Å². The number of hydrogen-bond donors (Lipinski definition) is 2. The van der Waals surface area contributed by atoms with E-state index in [1.54, 1.807) is 0 Å². The van der Waals surface area contributed by atoms with Crippen molar-refractivity contribution in [1.29, 1.82) is 0 Å². The maximum absolute atomic E-state index is 5.44. The lowest BCUT2D eigenvalue weighted by molar-refractivity contribution is 0.0303. The lowest BCUT2D eigenvalue weighted by atomic mass is 9.74. The zero-order valence-corrected chi connectivity index (χ0v) is 18.6. The first-order chi connectivity index (χ1) is 14.0.